The fraction of sp³-hybridized carbons (Fsp3) is 0.667. The molecule has 0 saturated heterocycles. The second-order valence-corrected chi connectivity index (χ2v) is 6.84. The molecule has 2 heteroatoms. The van der Waals surface area contributed by atoms with Gasteiger partial charge in [0.15, 0.2) is 0 Å². The van der Waals surface area contributed by atoms with Gasteiger partial charge in [-0.2, -0.15) is 0 Å². The lowest BCUT2D eigenvalue weighted by atomic mass is 10.0. The number of nitrogens with zero attached hydrogens (tertiary/aromatic N) is 1. The molecule has 1 aliphatic rings. The Morgan fingerprint density at radius 1 is 1.20 bits per heavy atom. The summed E-state index contributed by atoms with van der Waals surface area (Å²) in [6.07, 6.45) is 2.61. The maximum atomic E-state index is 3.72. The van der Waals surface area contributed by atoms with Crippen molar-refractivity contribution in [2.45, 2.75) is 53.1 Å². The molecule has 112 valence electrons. The molecule has 1 aromatic carbocycles. The highest BCUT2D eigenvalue weighted by Crippen LogP contribution is 2.25. The summed E-state index contributed by atoms with van der Waals surface area (Å²) in [5.74, 6) is 1.48. The highest BCUT2D eigenvalue weighted by atomic mass is 15.2. The van der Waals surface area contributed by atoms with Crippen LogP contribution in [0.5, 0.6) is 0 Å². The Hall–Kier alpha value is -1.02. The lowest BCUT2D eigenvalue weighted by molar-refractivity contribution is 0.401. The molecule has 1 atom stereocenters. The van der Waals surface area contributed by atoms with Crippen LogP contribution in [0.15, 0.2) is 24.3 Å². The molecule has 0 radical (unpaired) electrons. The van der Waals surface area contributed by atoms with Gasteiger partial charge >= 0.3 is 0 Å². The summed E-state index contributed by atoms with van der Waals surface area (Å²) in [6, 6.07) is 9.46. The van der Waals surface area contributed by atoms with Crippen LogP contribution in [0, 0.1) is 11.8 Å². The molecular formula is C18H30N2. The predicted octanol–water partition coefficient (Wildman–Crippen LogP) is 4.06. The van der Waals surface area contributed by atoms with E-state index in [-0.39, 0.29) is 0 Å². The Balaban J connectivity index is 2.11. The molecule has 1 unspecified atom stereocenters. The minimum atomic E-state index is 0.585. The molecule has 20 heavy (non-hydrogen) atoms. The Bertz CT molecular complexity index is 412. The summed E-state index contributed by atoms with van der Waals surface area (Å²) < 4.78 is 0. The SMILES string of the molecule is CC(C)CCCN1CC(C(C)C)NCc2ccccc21. The Morgan fingerprint density at radius 2 is 1.95 bits per heavy atom. The zero-order valence-corrected chi connectivity index (χ0v) is 13.5. The molecule has 0 fully saturated rings. The van der Waals surface area contributed by atoms with E-state index in [2.05, 4.69) is 62.2 Å². The summed E-state index contributed by atoms with van der Waals surface area (Å²) in [6.45, 7) is 12.6. The summed E-state index contributed by atoms with van der Waals surface area (Å²) >= 11 is 0. The van der Waals surface area contributed by atoms with Crippen LogP contribution in [-0.2, 0) is 6.54 Å². The number of nitrogens with one attached hydrogen (secondary N) is 1. The van der Waals surface area contributed by atoms with Crippen LogP contribution >= 0.6 is 0 Å². The Morgan fingerprint density at radius 3 is 2.65 bits per heavy atom. The van der Waals surface area contributed by atoms with Crippen LogP contribution < -0.4 is 10.2 Å². The maximum absolute atomic E-state index is 3.72. The number of hydrogen-bond acceptors (Lipinski definition) is 2. The van der Waals surface area contributed by atoms with E-state index in [1.807, 2.05) is 0 Å². The van der Waals surface area contributed by atoms with Gasteiger partial charge in [-0.1, -0.05) is 45.9 Å². The van der Waals surface area contributed by atoms with Gasteiger partial charge in [0.2, 0.25) is 0 Å². The molecule has 1 N–H and O–H groups in total. The van der Waals surface area contributed by atoms with Crippen molar-refractivity contribution in [3.63, 3.8) is 0 Å². The molecular weight excluding hydrogens is 244 g/mol. The molecule has 1 heterocycles. The third kappa shape index (κ3) is 3.99. The first-order valence-corrected chi connectivity index (χ1v) is 8.14. The van der Waals surface area contributed by atoms with Gasteiger partial charge in [0.1, 0.15) is 0 Å². The highest BCUT2D eigenvalue weighted by Gasteiger charge is 2.22. The van der Waals surface area contributed by atoms with Gasteiger partial charge in [-0.15, -0.1) is 0 Å². The number of benzene rings is 1. The Kier molecular flexibility index (Phi) is 5.47. The van der Waals surface area contributed by atoms with Crippen molar-refractivity contribution in [3.8, 4) is 0 Å². The maximum Gasteiger partial charge on any atom is 0.0412 e. The quantitative estimate of drug-likeness (QED) is 0.871. The number of anilines is 1. The number of rotatable bonds is 5. The number of hydrogen-bond donors (Lipinski definition) is 1. The van der Waals surface area contributed by atoms with Crippen LogP contribution in [0.25, 0.3) is 0 Å². The highest BCUT2D eigenvalue weighted by molar-refractivity contribution is 5.54. The van der Waals surface area contributed by atoms with E-state index in [0.717, 1.165) is 19.0 Å². The van der Waals surface area contributed by atoms with Gasteiger partial charge in [-0.05, 0) is 36.3 Å². The van der Waals surface area contributed by atoms with E-state index >= 15 is 0 Å². The molecule has 2 rings (SSSR count). The van der Waals surface area contributed by atoms with E-state index in [1.165, 1.54) is 30.6 Å². The molecule has 0 saturated carbocycles. The molecule has 0 aromatic heterocycles. The van der Waals surface area contributed by atoms with Crippen LogP contribution in [0.4, 0.5) is 5.69 Å². The smallest absolute Gasteiger partial charge is 0.0412 e. The van der Waals surface area contributed by atoms with Gasteiger partial charge in [0.05, 0.1) is 0 Å². The van der Waals surface area contributed by atoms with Gasteiger partial charge in [-0.3, -0.25) is 0 Å². The Labute approximate surface area is 124 Å². The first kappa shape index (κ1) is 15.4. The largest absolute Gasteiger partial charge is 0.370 e. The zero-order valence-electron chi connectivity index (χ0n) is 13.5. The molecule has 2 nitrogen and oxygen atoms in total. The molecule has 0 amide bonds. The average Bonchev–Trinajstić information content (AvgIpc) is 2.59. The van der Waals surface area contributed by atoms with Gasteiger partial charge < -0.3 is 10.2 Å². The average molecular weight is 274 g/mol. The lowest BCUT2D eigenvalue weighted by Crippen LogP contribution is -2.42. The summed E-state index contributed by atoms with van der Waals surface area (Å²) in [5.41, 5.74) is 2.88. The van der Waals surface area contributed by atoms with Crippen molar-refractivity contribution in [1.82, 2.24) is 5.32 Å². The minimum absolute atomic E-state index is 0.585. The predicted molar refractivity (Wildman–Crippen MR) is 88.2 cm³/mol. The first-order valence-electron chi connectivity index (χ1n) is 8.14. The van der Waals surface area contributed by atoms with E-state index in [1.54, 1.807) is 0 Å². The molecule has 1 aromatic rings. The molecule has 1 aliphatic heterocycles. The van der Waals surface area contributed by atoms with Crippen molar-refractivity contribution < 1.29 is 0 Å². The number of para-hydroxylation sites is 1. The number of fused-ring (bicyclic) bond motifs is 1. The fourth-order valence-corrected chi connectivity index (χ4v) is 2.96. The second-order valence-electron chi connectivity index (χ2n) is 6.84. The third-order valence-corrected chi connectivity index (χ3v) is 4.32. The monoisotopic (exact) mass is 274 g/mol. The molecule has 0 spiro atoms. The fourth-order valence-electron chi connectivity index (χ4n) is 2.96. The van der Waals surface area contributed by atoms with E-state index in [9.17, 15) is 0 Å². The lowest BCUT2D eigenvalue weighted by Gasteiger charge is -2.29. The van der Waals surface area contributed by atoms with Crippen molar-refractivity contribution in [3.05, 3.63) is 29.8 Å². The summed E-state index contributed by atoms with van der Waals surface area (Å²) in [7, 11) is 0. The summed E-state index contributed by atoms with van der Waals surface area (Å²) in [4.78, 5) is 2.60. The molecule has 0 aliphatic carbocycles. The van der Waals surface area contributed by atoms with Gasteiger partial charge in [0, 0.05) is 31.4 Å². The van der Waals surface area contributed by atoms with Crippen molar-refractivity contribution in [2.75, 3.05) is 18.0 Å². The minimum Gasteiger partial charge on any atom is -0.370 e. The zero-order chi connectivity index (χ0) is 14.5. The topological polar surface area (TPSA) is 15.3 Å². The van der Waals surface area contributed by atoms with E-state index < -0.39 is 0 Å². The van der Waals surface area contributed by atoms with Crippen molar-refractivity contribution >= 4 is 5.69 Å². The van der Waals surface area contributed by atoms with Crippen molar-refractivity contribution in [2.24, 2.45) is 11.8 Å². The molecule has 0 bridgehead atoms. The van der Waals surface area contributed by atoms with Crippen LogP contribution in [0.2, 0.25) is 0 Å². The van der Waals surface area contributed by atoms with Gasteiger partial charge in [0.25, 0.3) is 0 Å². The normalized spacial score (nSPS) is 19.3. The second kappa shape index (κ2) is 7.12. The van der Waals surface area contributed by atoms with Crippen LogP contribution in [0.3, 0.4) is 0 Å². The van der Waals surface area contributed by atoms with Crippen LogP contribution in [0.1, 0.15) is 46.1 Å². The van der Waals surface area contributed by atoms with E-state index in [4.69, 9.17) is 0 Å². The van der Waals surface area contributed by atoms with E-state index in [0.29, 0.717) is 12.0 Å². The van der Waals surface area contributed by atoms with Gasteiger partial charge in [-0.25, -0.2) is 0 Å². The standard InChI is InChI=1S/C18H30N2/c1-14(2)8-7-11-20-13-17(15(3)4)19-12-16-9-5-6-10-18(16)20/h5-6,9-10,14-15,17,19H,7-8,11-13H2,1-4H3. The van der Waals surface area contributed by atoms with Crippen molar-refractivity contribution in [1.29, 1.82) is 0 Å². The van der Waals surface area contributed by atoms with Crippen LogP contribution in [-0.4, -0.2) is 19.1 Å². The summed E-state index contributed by atoms with van der Waals surface area (Å²) in [5, 5.41) is 3.72. The first-order chi connectivity index (χ1) is 9.58. The third-order valence-electron chi connectivity index (χ3n) is 4.32.